The lowest BCUT2D eigenvalue weighted by atomic mass is 10.0. The van der Waals surface area contributed by atoms with Gasteiger partial charge in [0.25, 0.3) is 0 Å². The van der Waals surface area contributed by atoms with Crippen molar-refractivity contribution in [2.24, 2.45) is 0 Å². The second-order valence-corrected chi connectivity index (χ2v) is 10.3. The van der Waals surface area contributed by atoms with Gasteiger partial charge in [-0.05, 0) is 58.1 Å². The Morgan fingerprint density at radius 1 is 0.771 bits per heavy atom. The zero-order chi connectivity index (χ0) is 23.5. The van der Waals surface area contributed by atoms with E-state index < -0.39 is 0 Å². The highest BCUT2D eigenvalue weighted by molar-refractivity contribution is 7.21. The third kappa shape index (κ3) is 3.15. The minimum absolute atomic E-state index is 0.161. The Hall–Kier alpha value is -4.13. The quantitative estimate of drug-likeness (QED) is 0.192. The minimum Gasteiger partial charge on any atom is -0.288 e. The number of allylic oxidation sites excluding steroid dienone is 1. The summed E-state index contributed by atoms with van der Waals surface area (Å²) in [6.45, 7) is 0. The van der Waals surface area contributed by atoms with Gasteiger partial charge in [0.15, 0.2) is 11.6 Å². The number of ketones is 2. The molecule has 0 saturated heterocycles. The van der Waals surface area contributed by atoms with E-state index in [1.54, 1.807) is 28.7 Å². The van der Waals surface area contributed by atoms with Gasteiger partial charge in [0.05, 0.1) is 11.1 Å². The monoisotopic (exact) mass is 488 g/mol. The van der Waals surface area contributed by atoms with Crippen LogP contribution in [0.4, 0.5) is 0 Å². The second-order valence-electron chi connectivity index (χ2n) is 8.38. The number of thiophene rings is 2. The topological polar surface area (TPSA) is 52.0 Å². The van der Waals surface area contributed by atoms with E-state index in [1.165, 1.54) is 0 Å². The summed E-state index contributed by atoms with van der Waals surface area (Å²) < 4.78 is 2.04. The molecule has 0 N–H and O–H groups in total. The Balaban J connectivity index is 1.40. The highest BCUT2D eigenvalue weighted by Gasteiger charge is 2.34. The van der Waals surface area contributed by atoms with Crippen LogP contribution in [0.3, 0.4) is 0 Å². The number of Topliss-reactive ketones (excluding diaryl/α,β-unsaturated/α-hetero) is 2. The molecule has 7 rings (SSSR count). The van der Waals surface area contributed by atoms with Crippen molar-refractivity contribution < 1.29 is 9.59 Å². The van der Waals surface area contributed by atoms with Gasteiger partial charge >= 0.3 is 0 Å². The van der Waals surface area contributed by atoms with Crippen LogP contribution in [0.5, 0.6) is 0 Å². The van der Waals surface area contributed by atoms with Crippen molar-refractivity contribution in [2.75, 3.05) is 0 Å². The van der Waals surface area contributed by atoms with Gasteiger partial charge in [-0.25, -0.2) is 4.98 Å². The van der Waals surface area contributed by atoms with Gasteiger partial charge in [0, 0.05) is 16.0 Å². The first-order valence-electron chi connectivity index (χ1n) is 11.1. The number of imidazole rings is 1. The molecule has 0 saturated carbocycles. The number of carbonyl (C=O) groups excluding carboxylic acids is 2. The van der Waals surface area contributed by atoms with E-state index in [0.29, 0.717) is 17.0 Å². The average molecular weight is 489 g/mol. The number of hydrogen-bond acceptors (Lipinski definition) is 5. The predicted molar refractivity (Wildman–Crippen MR) is 143 cm³/mol. The summed E-state index contributed by atoms with van der Waals surface area (Å²) >= 11 is 3.20. The lowest BCUT2D eigenvalue weighted by molar-refractivity contribution is 0.0990. The summed E-state index contributed by atoms with van der Waals surface area (Å²) in [6.07, 6.45) is 1.66. The molecule has 0 spiro atoms. The lowest BCUT2D eigenvalue weighted by Crippen LogP contribution is -2.03. The summed E-state index contributed by atoms with van der Waals surface area (Å²) in [5.41, 5.74) is 3.18. The molecule has 3 aromatic heterocycles. The van der Waals surface area contributed by atoms with Gasteiger partial charge < -0.3 is 0 Å². The number of carbonyl (C=O) groups is 2. The van der Waals surface area contributed by atoms with E-state index in [2.05, 4.69) is 18.2 Å². The van der Waals surface area contributed by atoms with Crippen molar-refractivity contribution in [2.45, 2.75) is 0 Å². The van der Waals surface area contributed by atoms with Gasteiger partial charge in [-0.3, -0.25) is 14.2 Å². The van der Waals surface area contributed by atoms with E-state index >= 15 is 0 Å². The molecule has 1 aliphatic rings. The zero-order valence-electron chi connectivity index (χ0n) is 18.3. The van der Waals surface area contributed by atoms with Gasteiger partial charge in [0.1, 0.15) is 15.7 Å². The van der Waals surface area contributed by atoms with Gasteiger partial charge in [-0.1, -0.05) is 54.6 Å². The number of fused-ring (bicyclic) bond motifs is 3. The largest absolute Gasteiger partial charge is 0.288 e. The summed E-state index contributed by atoms with van der Waals surface area (Å²) in [5.74, 6) is 0.0944. The van der Waals surface area contributed by atoms with Gasteiger partial charge in [0.2, 0.25) is 0 Å². The molecular weight excluding hydrogens is 472 g/mol. The number of hydrogen-bond donors (Lipinski definition) is 0. The van der Waals surface area contributed by atoms with Gasteiger partial charge in [-0.2, -0.15) is 0 Å². The van der Waals surface area contributed by atoms with Crippen LogP contribution in [-0.2, 0) is 0 Å². The summed E-state index contributed by atoms with van der Waals surface area (Å²) in [5, 5.41) is 4.89. The highest BCUT2D eigenvalue weighted by atomic mass is 32.1. The molecule has 0 bridgehead atoms. The Morgan fingerprint density at radius 2 is 1.46 bits per heavy atom. The first-order chi connectivity index (χ1) is 17.2. The smallest absolute Gasteiger partial charge is 0.197 e. The molecule has 0 aliphatic heterocycles. The fourth-order valence-corrected chi connectivity index (χ4v) is 6.41. The van der Waals surface area contributed by atoms with E-state index in [-0.39, 0.29) is 17.1 Å². The van der Waals surface area contributed by atoms with Crippen LogP contribution in [0.15, 0.2) is 95.9 Å². The number of aromatic nitrogens is 2. The van der Waals surface area contributed by atoms with Gasteiger partial charge in [-0.15, -0.1) is 22.7 Å². The number of nitrogens with zero attached hydrogens (tertiary/aromatic N) is 2. The van der Waals surface area contributed by atoms with Crippen molar-refractivity contribution in [3.8, 4) is 15.4 Å². The summed E-state index contributed by atoms with van der Waals surface area (Å²) in [4.78, 5) is 33.5. The van der Waals surface area contributed by atoms with E-state index in [9.17, 15) is 9.59 Å². The average Bonchev–Trinajstić information content (AvgIpc) is 3.66. The molecule has 1 aliphatic carbocycles. The van der Waals surface area contributed by atoms with E-state index in [4.69, 9.17) is 4.98 Å². The third-order valence-corrected chi connectivity index (χ3v) is 8.22. The number of rotatable bonds is 3. The molecule has 0 atom stereocenters. The second kappa shape index (κ2) is 7.70. The molecule has 0 fully saturated rings. The SMILES string of the molecule is O=C1C(=Cc2nc3sc(-c4ccccc4)cc3n2-c2cccs2)C(=O)c2cc3ccccc3cc21. The maximum Gasteiger partial charge on any atom is 0.197 e. The fourth-order valence-electron chi connectivity index (χ4n) is 4.63. The van der Waals surface area contributed by atoms with Crippen molar-refractivity contribution >= 4 is 61.4 Å². The Bertz CT molecular complexity index is 1770. The minimum atomic E-state index is -0.246. The Kier molecular flexibility index (Phi) is 4.46. The molecule has 4 nitrogen and oxygen atoms in total. The molecule has 0 radical (unpaired) electrons. The van der Waals surface area contributed by atoms with Crippen molar-refractivity contribution in [1.82, 2.24) is 9.55 Å². The van der Waals surface area contributed by atoms with E-state index in [0.717, 1.165) is 36.6 Å². The van der Waals surface area contributed by atoms with Crippen LogP contribution in [0, 0.1) is 0 Å². The van der Waals surface area contributed by atoms with Crippen LogP contribution in [-0.4, -0.2) is 21.1 Å². The Morgan fingerprint density at radius 3 is 2.11 bits per heavy atom. The van der Waals surface area contributed by atoms with Crippen LogP contribution in [0.2, 0.25) is 0 Å². The predicted octanol–water partition coefficient (Wildman–Crippen LogP) is 7.43. The molecule has 166 valence electrons. The lowest BCUT2D eigenvalue weighted by Gasteiger charge is -2.04. The van der Waals surface area contributed by atoms with Crippen LogP contribution >= 0.6 is 22.7 Å². The molecule has 3 aromatic carbocycles. The highest BCUT2D eigenvalue weighted by Crippen LogP contribution is 2.37. The molecule has 6 heteroatoms. The first kappa shape index (κ1) is 20.3. The molecule has 0 amide bonds. The maximum atomic E-state index is 13.3. The van der Waals surface area contributed by atoms with Crippen LogP contribution in [0.25, 0.3) is 42.6 Å². The van der Waals surface area contributed by atoms with Crippen LogP contribution < -0.4 is 0 Å². The fraction of sp³-hybridized carbons (Fsp3) is 0. The Labute approximate surface area is 208 Å². The maximum absolute atomic E-state index is 13.3. The molecule has 0 unspecified atom stereocenters. The van der Waals surface area contributed by atoms with Crippen LogP contribution in [0.1, 0.15) is 26.5 Å². The standard InChI is InChI=1S/C29H16N2O2S2/c32-27-20-13-18-9-4-5-10-19(18)14-21(20)28(33)22(27)15-25-30-29-23(31(25)26-11-6-12-34-26)16-24(35-29)17-7-2-1-3-8-17/h1-16H. The normalized spacial score (nSPS) is 13.2. The van der Waals surface area contributed by atoms with Crippen molar-refractivity contribution in [3.05, 3.63) is 113 Å². The van der Waals surface area contributed by atoms with Crippen molar-refractivity contribution in [1.29, 1.82) is 0 Å². The van der Waals surface area contributed by atoms with E-state index in [1.807, 2.05) is 76.7 Å². The van der Waals surface area contributed by atoms with Crippen molar-refractivity contribution in [3.63, 3.8) is 0 Å². The zero-order valence-corrected chi connectivity index (χ0v) is 19.9. The number of benzene rings is 3. The third-order valence-electron chi connectivity index (χ3n) is 6.30. The summed E-state index contributed by atoms with van der Waals surface area (Å²) in [7, 11) is 0. The molecule has 6 aromatic rings. The molecular formula is C29H16N2O2S2. The molecule has 35 heavy (non-hydrogen) atoms. The first-order valence-corrected chi connectivity index (χ1v) is 12.8. The summed E-state index contributed by atoms with van der Waals surface area (Å²) in [6, 6.07) is 27.8. The molecule has 3 heterocycles.